The van der Waals surface area contributed by atoms with E-state index in [1.807, 2.05) is 0 Å². The Morgan fingerprint density at radius 1 is 1.09 bits per heavy atom. The van der Waals surface area contributed by atoms with Crippen molar-refractivity contribution in [2.75, 3.05) is 25.1 Å². The molecule has 0 aliphatic carbocycles. The van der Waals surface area contributed by atoms with E-state index in [0.29, 0.717) is 23.6 Å². The molecule has 2 unspecified atom stereocenters. The minimum Gasteiger partial charge on any atom is -0.494 e. The smallest absolute Gasteiger partial charge is 0.338 e. The van der Waals surface area contributed by atoms with Crippen molar-refractivity contribution in [2.24, 2.45) is 0 Å². The van der Waals surface area contributed by atoms with Crippen molar-refractivity contribution in [3.05, 3.63) is 54.1 Å². The van der Waals surface area contributed by atoms with Crippen molar-refractivity contribution in [2.45, 2.75) is 49.3 Å². The third-order valence-electron chi connectivity index (χ3n) is 5.40. The first-order chi connectivity index (χ1) is 16.3. The van der Waals surface area contributed by atoms with Crippen LogP contribution < -0.4 is 10.1 Å². The summed E-state index contributed by atoms with van der Waals surface area (Å²) in [4.78, 5) is 24.9. The molecule has 10 heteroatoms. The summed E-state index contributed by atoms with van der Waals surface area (Å²) >= 11 is 4.44. The first-order valence-electron chi connectivity index (χ1n) is 11.3. The van der Waals surface area contributed by atoms with E-state index in [1.54, 1.807) is 43.3 Å². The van der Waals surface area contributed by atoms with Crippen LogP contribution in [0.5, 0.6) is 5.75 Å². The molecule has 1 amide bonds. The Kier molecular flexibility index (Phi) is 8.98. The van der Waals surface area contributed by atoms with Crippen LogP contribution in [0.1, 0.15) is 43.5 Å². The lowest BCUT2D eigenvalue weighted by Crippen LogP contribution is -2.43. The highest BCUT2D eigenvalue weighted by Gasteiger charge is 2.43. The van der Waals surface area contributed by atoms with Crippen LogP contribution in [0.3, 0.4) is 0 Å². The molecule has 3 rings (SSSR count). The number of ether oxygens (including phenoxy) is 2. The number of esters is 1. The van der Waals surface area contributed by atoms with E-state index in [9.17, 15) is 18.0 Å². The molecule has 0 saturated carbocycles. The Morgan fingerprint density at radius 3 is 2.38 bits per heavy atom. The Labute approximate surface area is 206 Å². The molecule has 1 aliphatic rings. The second-order valence-electron chi connectivity index (χ2n) is 7.94. The zero-order valence-corrected chi connectivity index (χ0v) is 21.0. The van der Waals surface area contributed by atoms with Gasteiger partial charge in [0, 0.05) is 17.5 Å². The van der Waals surface area contributed by atoms with Crippen LogP contribution in [-0.4, -0.2) is 55.6 Å². The summed E-state index contributed by atoms with van der Waals surface area (Å²) < 4.78 is 38.4. The van der Waals surface area contributed by atoms with E-state index in [1.165, 1.54) is 16.4 Å². The van der Waals surface area contributed by atoms with Gasteiger partial charge in [-0.1, -0.05) is 13.3 Å². The highest BCUT2D eigenvalue weighted by atomic mass is 32.2. The van der Waals surface area contributed by atoms with Crippen LogP contribution in [0, 0.1) is 0 Å². The molecule has 2 aromatic carbocycles. The third kappa shape index (κ3) is 6.31. The van der Waals surface area contributed by atoms with E-state index < -0.39 is 27.9 Å². The fourth-order valence-electron chi connectivity index (χ4n) is 3.60. The zero-order valence-electron chi connectivity index (χ0n) is 19.3. The number of hydrogen-bond acceptors (Lipinski definition) is 7. The lowest BCUT2D eigenvalue weighted by molar-refractivity contribution is -0.119. The zero-order chi connectivity index (χ0) is 24.7. The maximum Gasteiger partial charge on any atom is 0.338 e. The van der Waals surface area contributed by atoms with E-state index in [4.69, 9.17) is 9.47 Å². The van der Waals surface area contributed by atoms with Crippen molar-refractivity contribution >= 4 is 40.2 Å². The first kappa shape index (κ1) is 26.1. The molecule has 34 heavy (non-hydrogen) atoms. The molecule has 1 saturated heterocycles. The van der Waals surface area contributed by atoms with Crippen LogP contribution >= 0.6 is 12.6 Å². The standard InChI is InChI=1S/C24H30N2O6S2/c1-3-5-14-32-19-10-12-21(13-11-19)34(29,30)26-16-20(33)15-22(26)23(27)25-18-8-6-17(7-9-18)24(28)31-4-2/h6-13,20,22,33H,3-5,14-16H2,1-2H3,(H,25,27). The van der Waals surface area contributed by atoms with Crippen LogP contribution in [0.15, 0.2) is 53.4 Å². The number of sulfonamides is 1. The highest BCUT2D eigenvalue weighted by molar-refractivity contribution is 7.89. The number of rotatable bonds is 10. The topological polar surface area (TPSA) is 102 Å². The lowest BCUT2D eigenvalue weighted by Gasteiger charge is -2.23. The minimum atomic E-state index is -3.92. The normalized spacial score (nSPS) is 18.4. The molecule has 1 heterocycles. The fraction of sp³-hybridized carbons (Fsp3) is 0.417. The summed E-state index contributed by atoms with van der Waals surface area (Å²) in [5.74, 6) is -0.307. The number of nitrogens with one attached hydrogen (secondary N) is 1. The van der Waals surface area contributed by atoms with E-state index in [-0.39, 0.29) is 29.7 Å². The number of anilines is 1. The predicted octanol–water partition coefficient (Wildman–Crippen LogP) is 3.74. The monoisotopic (exact) mass is 506 g/mol. The van der Waals surface area contributed by atoms with Gasteiger partial charge in [-0.15, -0.1) is 0 Å². The molecule has 8 nitrogen and oxygen atoms in total. The molecule has 1 aliphatic heterocycles. The number of thiol groups is 1. The summed E-state index contributed by atoms with van der Waals surface area (Å²) in [6, 6.07) is 11.6. The number of hydrogen-bond donors (Lipinski definition) is 2. The SMILES string of the molecule is CCCCOc1ccc(S(=O)(=O)N2CC(S)CC2C(=O)Nc2ccc(C(=O)OCC)cc2)cc1. The summed E-state index contributed by atoms with van der Waals surface area (Å²) in [5.41, 5.74) is 0.814. The van der Waals surface area contributed by atoms with Gasteiger partial charge in [0.15, 0.2) is 0 Å². The summed E-state index contributed by atoms with van der Waals surface area (Å²) in [6.45, 7) is 4.75. The number of carbonyl (C=O) groups excluding carboxylic acids is 2. The van der Waals surface area contributed by atoms with Gasteiger partial charge >= 0.3 is 5.97 Å². The third-order valence-corrected chi connectivity index (χ3v) is 7.66. The van der Waals surface area contributed by atoms with Gasteiger partial charge in [-0.25, -0.2) is 13.2 Å². The van der Waals surface area contributed by atoms with Gasteiger partial charge in [-0.3, -0.25) is 4.79 Å². The largest absolute Gasteiger partial charge is 0.494 e. The molecule has 2 aromatic rings. The quantitative estimate of drug-likeness (QED) is 0.289. The minimum absolute atomic E-state index is 0.0920. The second-order valence-corrected chi connectivity index (χ2v) is 10.6. The van der Waals surface area contributed by atoms with E-state index in [2.05, 4.69) is 24.9 Å². The Bertz CT molecular complexity index is 1090. The Hall–Kier alpha value is -2.56. The fourth-order valence-corrected chi connectivity index (χ4v) is 5.73. The average molecular weight is 507 g/mol. The number of benzene rings is 2. The van der Waals surface area contributed by atoms with Gasteiger partial charge in [-0.05, 0) is 68.3 Å². The molecule has 184 valence electrons. The number of unbranched alkanes of at least 4 members (excludes halogenated alkanes) is 1. The first-order valence-corrected chi connectivity index (χ1v) is 13.2. The Morgan fingerprint density at radius 2 is 1.76 bits per heavy atom. The molecule has 0 bridgehead atoms. The summed E-state index contributed by atoms with van der Waals surface area (Å²) in [7, 11) is -3.92. The summed E-state index contributed by atoms with van der Waals surface area (Å²) in [5, 5.41) is 2.47. The Balaban J connectivity index is 1.72. The number of nitrogens with zero attached hydrogens (tertiary/aromatic N) is 1. The number of carbonyl (C=O) groups is 2. The van der Waals surface area contributed by atoms with Gasteiger partial charge in [0.05, 0.1) is 23.7 Å². The predicted molar refractivity (Wildman–Crippen MR) is 133 cm³/mol. The van der Waals surface area contributed by atoms with Crippen molar-refractivity contribution in [3.63, 3.8) is 0 Å². The molecule has 2 atom stereocenters. The molecule has 1 N–H and O–H groups in total. The van der Waals surface area contributed by atoms with Gasteiger partial charge in [-0.2, -0.15) is 16.9 Å². The molecule has 0 radical (unpaired) electrons. The average Bonchev–Trinajstić information content (AvgIpc) is 3.23. The molecule has 0 spiro atoms. The van der Waals surface area contributed by atoms with Crippen LogP contribution in [0.25, 0.3) is 0 Å². The molecule has 0 aromatic heterocycles. The number of amides is 1. The molecule has 1 fully saturated rings. The second kappa shape index (κ2) is 11.7. The van der Waals surface area contributed by atoms with Crippen molar-refractivity contribution in [3.8, 4) is 5.75 Å². The molecular weight excluding hydrogens is 476 g/mol. The van der Waals surface area contributed by atoms with Gasteiger partial charge in [0.2, 0.25) is 15.9 Å². The van der Waals surface area contributed by atoms with Gasteiger partial charge in [0.25, 0.3) is 0 Å². The summed E-state index contributed by atoms with van der Waals surface area (Å²) in [6.07, 6.45) is 2.21. The van der Waals surface area contributed by atoms with Crippen molar-refractivity contribution in [1.29, 1.82) is 0 Å². The van der Waals surface area contributed by atoms with Crippen LogP contribution in [0.2, 0.25) is 0 Å². The van der Waals surface area contributed by atoms with Gasteiger partial charge < -0.3 is 14.8 Å². The lowest BCUT2D eigenvalue weighted by atomic mass is 10.2. The van der Waals surface area contributed by atoms with Crippen molar-refractivity contribution in [1.82, 2.24) is 4.31 Å². The highest BCUT2D eigenvalue weighted by Crippen LogP contribution is 2.30. The van der Waals surface area contributed by atoms with Crippen molar-refractivity contribution < 1.29 is 27.5 Å². The van der Waals surface area contributed by atoms with Crippen LogP contribution in [0.4, 0.5) is 5.69 Å². The van der Waals surface area contributed by atoms with E-state index >= 15 is 0 Å². The maximum absolute atomic E-state index is 13.3. The van der Waals surface area contributed by atoms with Gasteiger partial charge in [0.1, 0.15) is 11.8 Å². The molecular formula is C24H30N2O6S2. The van der Waals surface area contributed by atoms with E-state index in [0.717, 1.165) is 12.8 Å². The van der Waals surface area contributed by atoms with Crippen LogP contribution in [-0.2, 0) is 19.6 Å². The maximum atomic E-state index is 13.3.